The minimum absolute atomic E-state index is 0.169. The van der Waals surface area contributed by atoms with E-state index in [4.69, 9.17) is 16.7 Å². The van der Waals surface area contributed by atoms with Gasteiger partial charge in [0.1, 0.15) is 0 Å². The molecule has 6 heteroatoms. The Kier molecular flexibility index (Phi) is 7.75. The smallest absolute Gasteiger partial charge is 0.303 e. The second-order valence-electron chi connectivity index (χ2n) is 4.88. The molecule has 0 bridgehead atoms. The highest BCUT2D eigenvalue weighted by atomic mass is 79.9. The third-order valence-electron chi connectivity index (χ3n) is 3.36. The number of hydrogen-bond acceptors (Lipinski definition) is 2. The largest absolute Gasteiger partial charge is 0.481 e. The molecule has 1 rings (SSSR count). The molecule has 0 fully saturated rings. The van der Waals surface area contributed by atoms with Gasteiger partial charge in [-0.05, 0) is 52.9 Å². The van der Waals surface area contributed by atoms with E-state index in [0.717, 1.165) is 17.3 Å². The third-order valence-corrected chi connectivity index (χ3v) is 4.60. The highest BCUT2D eigenvalue weighted by Crippen LogP contribution is 2.23. The van der Waals surface area contributed by atoms with Crippen molar-refractivity contribution in [2.24, 2.45) is 5.92 Å². The van der Waals surface area contributed by atoms with Crippen LogP contribution in [0.15, 0.2) is 22.7 Å². The van der Waals surface area contributed by atoms with Crippen LogP contribution in [-0.2, 0) is 4.79 Å². The van der Waals surface area contributed by atoms with Crippen molar-refractivity contribution in [3.05, 3.63) is 33.3 Å². The second-order valence-corrected chi connectivity index (χ2v) is 6.14. The molecule has 1 unspecified atom stereocenters. The lowest BCUT2D eigenvalue weighted by Crippen LogP contribution is -2.26. The van der Waals surface area contributed by atoms with Gasteiger partial charge in [0.2, 0.25) is 0 Å². The fourth-order valence-electron chi connectivity index (χ4n) is 2.01. The molecule has 0 aromatic heterocycles. The van der Waals surface area contributed by atoms with Crippen molar-refractivity contribution in [3.8, 4) is 0 Å². The van der Waals surface area contributed by atoms with Gasteiger partial charge in [-0.15, -0.1) is 0 Å². The van der Waals surface area contributed by atoms with Crippen LogP contribution in [0.3, 0.4) is 0 Å². The van der Waals surface area contributed by atoms with E-state index in [9.17, 15) is 9.59 Å². The maximum Gasteiger partial charge on any atom is 0.303 e. The van der Waals surface area contributed by atoms with Crippen molar-refractivity contribution in [3.63, 3.8) is 0 Å². The van der Waals surface area contributed by atoms with Crippen LogP contribution in [0.25, 0.3) is 0 Å². The van der Waals surface area contributed by atoms with Gasteiger partial charge in [-0.2, -0.15) is 0 Å². The molecule has 1 aromatic carbocycles. The summed E-state index contributed by atoms with van der Waals surface area (Å²) in [4.78, 5) is 22.5. The molecule has 0 heterocycles. The lowest BCUT2D eigenvalue weighted by Gasteiger charge is -2.14. The van der Waals surface area contributed by atoms with E-state index in [1.807, 2.05) is 6.92 Å². The molecule has 21 heavy (non-hydrogen) atoms. The Balaban J connectivity index is 2.41. The van der Waals surface area contributed by atoms with Crippen LogP contribution in [0.4, 0.5) is 0 Å². The van der Waals surface area contributed by atoms with Crippen LogP contribution < -0.4 is 5.32 Å². The van der Waals surface area contributed by atoms with Crippen LogP contribution in [-0.4, -0.2) is 23.5 Å². The van der Waals surface area contributed by atoms with Crippen molar-refractivity contribution >= 4 is 39.4 Å². The summed E-state index contributed by atoms with van der Waals surface area (Å²) < 4.78 is 0.750. The number of carbonyl (C=O) groups excluding carboxylic acids is 1. The SMILES string of the molecule is CCC(CCNC(=O)c1ccc(Br)c(Cl)c1)CCC(=O)O. The van der Waals surface area contributed by atoms with E-state index in [2.05, 4.69) is 21.2 Å². The molecule has 0 spiro atoms. The molecule has 4 nitrogen and oxygen atoms in total. The average molecular weight is 377 g/mol. The fourth-order valence-corrected chi connectivity index (χ4v) is 2.44. The number of aliphatic carboxylic acids is 1. The molecular weight excluding hydrogens is 358 g/mol. The summed E-state index contributed by atoms with van der Waals surface area (Å²) in [5.74, 6) is -0.630. The molecule has 1 aromatic rings. The zero-order valence-electron chi connectivity index (χ0n) is 11.9. The summed E-state index contributed by atoms with van der Waals surface area (Å²) in [5, 5.41) is 12.0. The van der Waals surface area contributed by atoms with E-state index in [0.29, 0.717) is 29.5 Å². The first-order valence-corrected chi connectivity index (χ1v) is 8.06. The van der Waals surface area contributed by atoms with E-state index < -0.39 is 5.97 Å². The van der Waals surface area contributed by atoms with Crippen molar-refractivity contribution < 1.29 is 14.7 Å². The second kappa shape index (κ2) is 9.05. The first-order chi connectivity index (χ1) is 9.93. The third kappa shape index (κ3) is 6.48. The van der Waals surface area contributed by atoms with Gasteiger partial charge in [0, 0.05) is 23.0 Å². The first-order valence-electron chi connectivity index (χ1n) is 6.89. The number of rotatable bonds is 8. The molecule has 0 radical (unpaired) electrons. The van der Waals surface area contributed by atoms with Crippen LogP contribution >= 0.6 is 27.5 Å². The van der Waals surface area contributed by atoms with Crippen molar-refractivity contribution in [2.75, 3.05) is 6.54 Å². The number of benzene rings is 1. The standard InChI is InChI=1S/C15H19BrClNO3/c1-2-10(3-6-14(19)20)7-8-18-15(21)11-4-5-12(16)13(17)9-11/h4-5,9-10H,2-3,6-8H2,1H3,(H,18,21)(H,19,20). The Morgan fingerprint density at radius 1 is 1.38 bits per heavy atom. The lowest BCUT2D eigenvalue weighted by molar-refractivity contribution is -0.137. The van der Waals surface area contributed by atoms with Crippen molar-refractivity contribution in [2.45, 2.75) is 32.6 Å². The van der Waals surface area contributed by atoms with E-state index in [-0.39, 0.29) is 12.3 Å². The molecule has 0 aliphatic heterocycles. The summed E-state index contributed by atoms with van der Waals surface area (Å²) in [7, 11) is 0. The summed E-state index contributed by atoms with van der Waals surface area (Å²) in [6, 6.07) is 5.05. The zero-order chi connectivity index (χ0) is 15.8. The maximum atomic E-state index is 12.0. The predicted octanol–water partition coefficient (Wildman–Crippen LogP) is 4.11. The minimum atomic E-state index is -0.776. The normalized spacial score (nSPS) is 12.0. The minimum Gasteiger partial charge on any atom is -0.481 e. The van der Waals surface area contributed by atoms with E-state index in [1.165, 1.54) is 0 Å². The maximum absolute atomic E-state index is 12.0. The van der Waals surface area contributed by atoms with Gasteiger partial charge in [0.15, 0.2) is 0 Å². The highest BCUT2D eigenvalue weighted by molar-refractivity contribution is 9.10. The number of carboxylic acids is 1. The van der Waals surface area contributed by atoms with Crippen LogP contribution in [0.1, 0.15) is 43.0 Å². The predicted molar refractivity (Wildman–Crippen MR) is 86.8 cm³/mol. The molecule has 1 amide bonds. The van der Waals surface area contributed by atoms with Crippen molar-refractivity contribution in [1.29, 1.82) is 0 Å². The van der Waals surface area contributed by atoms with Gasteiger partial charge in [-0.1, -0.05) is 24.9 Å². The fraction of sp³-hybridized carbons (Fsp3) is 0.467. The number of hydrogen-bond donors (Lipinski definition) is 2. The van der Waals surface area contributed by atoms with Gasteiger partial charge < -0.3 is 10.4 Å². The lowest BCUT2D eigenvalue weighted by atomic mass is 9.96. The zero-order valence-corrected chi connectivity index (χ0v) is 14.2. The van der Waals surface area contributed by atoms with Gasteiger partial charge in [0.25, 0.3) is 5.91 Å². The first kappa shape index (κ1) is 18.0. The molecule has 116 valence electrons. The van der Waals surface area contributed by atoms with Crippen LogP contribution in [0, 0.1) is 5.92 Å². The molecule has 0 saturated heterocycles. The molecule has 1 atom stereocenters. The summed E-state index contributed by atoms with van der Waals surface area (Å²) >= 11 is 9.23. The van der Waals surface area contributed by atoms with E-state index >= 15 is 0 Å². The summed E-state index contributed by atoms with van der Waals surface area (Å²) in [6.07, 6.45) is 2.51. The number of halogens is 2. The number of carbonyl (C=O) groups is 2. The monoisotopic (exact) mass is 375 g/mol. The number of carboxylic acid groups (broad SMARTS) is 1. The molecule has 0 saturated carbocycles. The van der Waals surface area contributed by atoms with Crippen LogP contribution in [0.5, 0.6) is 0 Å². The number of amides is 1. The summed E-state index contributed by atoms with van der Waals surface area (Å²) in [5.41, 5.74) is 0.516. The van der Waals surface area contributed by atoms with Crippen LogP contribution in [0.2, 0.25) is 5.02 Å². The highest BCUT2D eigenvalue weighted by Gasteiger charge is 2.11. The van der Waals surface area contributed by atoms with Gasteiger partial charge in [-0.25, -0.2) is 0 Å². The van der Waals surface area contributed by atoms with Crippen molar-refractivity contribution in [1.82, 2.24) is 5.32 Å². The van der Waals surface area contributed by atoms with Gasteiger partial charge >= 0.3 is 5.97 Å². The van der Waals surface area contributed by atoms with Gasteiger partial charge in [-0.3, -0.25) is 9.59 Å². The molecule has 0 aliphatic carbocycles. The Bertz CT molecular complexity index is 508. The molecular formula is C15H19BrClNO3. The quantitative estimate of drug-likeness (QED) is 0.717. The van der Waals surface area contributed by atoms with Gasteiger partial charge in [0.05, 0.1) is 5.02 Å². The van der Waals surface area contributed by atoms with E-state index in [1.54, 1.807) is 18.2 Å². The Morgan fingerprint density at radius 2 is 2.10 bits per heavy atom. The average Bonchev–Trinajstić information content (AvgIpc) is 2.45. The Morgan fingerprint density at radius 3 is 2.67 bits per heavy atom. The Labute approximate surface area is 138 Å². The molecule has 2 N–H and O–H groups in total. The Hall–Kier alpha value is -1.07. The topological polar surface area (TPSA) is 66.4 Å². The number of nitrogens with one attached hydrogen (secondary N) is 1. The molecule has 0 aliphatic rings. The summed E-state index contributed by atoms with van der Waals surface area (Å²) in [6.45, 7) is 2.56.